The Morgan fingerprint density at radius 3 is 2.17 bits per heavy atom. The fourth-order valence-corrected chi connectivity index (χ4v) is 1.53. The minimum Gasteiger partial charge on any atom is -0.0964 e. The van der Waals surface area contributed by atoms with E-state index < -0.39 is 0 Å². The highest BCUT2D eigenvalue weighted by Gasteiger charge is 2.15. The van der Waals surface area contributed by atoms with Crippen LogP contribution in [0.3, 0.4) is 0 Å². The first-order chi connectivity index (χ1) is 5.41. The van der Waals surface area contributed by atoms with E-state index in [-0.39, 0.29) is 5.41 Å². The van der Waals surface area contributed by atoms with Gasteiger partial charge in [-0.2, -0.15) is 0 Å². The van der Waals surface area contributed by atoms with Gasteiger partial charge < -0.3 is 0 Å². The molecular formula is C11H15B. The van der Waals surface area contributed by atoms with E-state index in [0.717, 1.165) is 5.46 Å². The first-order valence-electron chi connectivity index (χ1n) is 4.28. The van der Waals surface area contributed by atoms with Crippen LogP contribution in [-0.2, 0) is 5.41 Å². The Bertz CT molecular complexity index is 282. The fraction of sp³-hybridized carbons (Fsp3) is 0.455. The van der Waals surface area contributed by atoms with Gasteiger partial charge in [0.2, 0.25) is 0 Å². The first-order valence-corrected chi connectivity index (χ1v) is 4.28. The van der Waals surface area contributed by atoms with Crippen molar-refractivity contribution >= 4 is 13.3 Å². The van der Waals surface area contributed by atoms with Gasteiger partial charge in [-0.25, -0.2) is 0 Å². The normalized spacial score (nSPS) is 11.7. The average molecular weight is 158 g/mol. The zero-order valence-electron chi connectivity index (χ0n) is 8.31. The van der Waals surface area contributed by atoms with E-state index in [2.05, 4.69) is 33.8 Å². The quantitative estimate of drug-likeness (QED) is 0.507. The molecule has 0 atom stereocenters. The van der Waals surface area contributed by atoms with Crippen LogP contribution in [0.5, 0.6) is 0 Å². The molecule has 0 N–H and O–H groups in total. The van der Waals surface area contributed by atoms with E-state index in [1.54, 1.807) is 0 Å². The SMILES string of the molecule is [B]c1ccc(C(C)(C)C)c(C)c1. The summed E-state index contributed by atoms with van der Waals surface area (Å²) in [5.74, 6) is 0. The maximum absolute atomic E-state index is 5.67. The van der Waals surface area contributed by atoms with Crippen molar-refractivity contribution in [2.45, 2.75) is 33.1 Å². The highest BCUT2D eigenvalue weighted by molar-refractivity contribution is 6.32. The number of aryl methyl sites for hydroxylation is 1. The van der Waals surface area contributed by atoms with Crippen LogP contribution < -0.4 is 5.46 Å². The average Bonchev–Trinajstić information content (AvgIpc) is 1.83. The van der Waals surface area contributed by atoms with E-state index >= 15 is 0 Å². The van der Waals surface area contributed by atoms with Crippen LogP contribution in [0.1, 0.15) is 31.9 Å². The summed E-state index contributed by atoms with van der Waals surface area (Å²) in [5.41, 5.74) is 3.72. The van der Waals surface area contributed by atoms with Crippen molar-refractivity contribution in [1.29, 1.82) is 0 Å². The third-order valence-corrected chi connectivity index (χ3v) is 2.06. The smallest absolute Gasteiger partial charge is 0.0964 e. The van der Waals surface area contributed by atoms with Crippen molar-refractivity contribution in [2.75, 3.05) is 0 Å². The number of hydrogen-bond acceptors (Lipinski definition) is 0. The second-order valence-electron chi connectivity index (χ2n) is 4.32. The monoisotopic (exact) mass is 158 g/mol. The Morgan fingerprint density at radius 2 is 1.75 bits per heavy atom. The van der Waals surface area contributed by atoms with Crippen LogP contribution in [0.4, 0.5) is 0 Å². The second-order valence-corrected chi connectivity index (χ2v) is 4.32. The summed E-state index contributed by atoms with van der Waals surface area (Å²) >= 11 is 0. The molecule has 12 heavy (non-hydrogen) atoms. The van der Waals surface area contributed by atoms with Crippen LogP contribution in [0.2, 0.25) is 0 Å². The van der Waals surface area contributed by atoms with Crippen LogP contribution in [0.25, 0.3) is 0 Å². The lowest BCUT2D eigenvalue weighted by molar-refractivity contribution is 0.586. The van der Waals surface area contributed by atoms with Gasteiger partial charge in [0.15, 0.2) is 0 Å². The lowest BCUT2D eigenvalue weighted by Crippen LogP contribution is -2.15. The maximum Gasteiger partial charge on any atom is 0.113 e. The Balaban J connectivity index is 3.19. The molecule has 62 valence electrons. The number of rotatable bonds is 0. The van der Waals surface area contributed by atoms with Gasteiger partial charge in [0.25, 0.3) is 0 Å². The molecule has 0 saturated carbocycles. The first kappa shape index (κ1) is 9.37. The zero-order chi connectivity index (χ0) is 9.35. The highest BCUT2D eigenvalue weighted by atomic mass is 14.2. The van der Waals surface area contributed by atoms with Gasteiger partial charge in [0.05, 0.1) is 0 Å². The topological polar surface area (TPSA) is 0 Å². The van der Waals surface area contributed by atoms with Crippen molar-refractivity contribution in [1.82, 2.24) is 0 Å². The molecule has 0 spiro atoms. The van der Waals surface area contributed by atoms with Gasteiger partial charge in [0.1, 0.15) is 7.85 Å². The molecule has 0 aliphatic rings. The predicted molar refractivity (Wildman–Crippen MR) is 55.3 cm³/mol. The third-order valence-electron chi connectivity index (χ3n) is 2.06. The lowest BCUT2D eigenvalue weighted by atomic mass is 9.81. The molecule has 0 aliphatic carbocycles. The predicted octanol–water partition coefficient (Wildman–Crippen LogP) is 2.09. The molecule has 2 radical (unpaired) electrons. The Kier molecular flexibility index (Phi) is 2.32. The lowest BCUT2D eigenvalue weighted by Gasteiger charge is -2.21. The molecule has 0 fully saturated rings. The van der Waals surface area contributed by atoms with Crippen LogP contribution >= 0.6 is 0 Å². The van der Waals surface area contributed by atoms with Gasteiger partial charge in [-0.1, -0.05) is 44.4 Å². The summed E-state index contributed by atoms with van der Waals surface area (Å²) in [6.45, 7) is 8.75. The van der Waals surface area contributed by atoms with E-state index in [4.69, 9.17) is 7.85 Å². The summed E-state index contributed by atoms with van der Waals surface area (Å²) in [6.07, 6.45) is 0. The van der Waals surface area contributed by atoms with E-state index in [9.17, 15) is 0 Å². The number of hydrogen-bond donors (Lipinski definition) is 0. The molecule has 0 bridgehead atoms. The minimum absolute atomic E-state index is 0.220. The molecule has 0 aromatic heterocycles. The molecule has 0 amide bonds. The van der Waals surface area contributed by atoms with Gasteiger partial charge >= 0.3 is 0 Å². The molecular weight excluding hydrogens is 143 g/mol. The molecule has 1 aromatic carbocycles. The molecule has 1 aromatic rings. The third kappa shape index (κ3) is 1.91. The minimum atomic E-state index is 0.220. The Hall–Kier alpha value is -0.715. The van der Waals surface area contributed by atoms with Gasteiger partial charge in [-0.15, -0.1) is 0 Å². The zero-order valence-corrected chi connectivity index (χ0v) is 8.31. The largest absolute Gasteiger partial charge is 0.113 e. The summed E-state index contributed by atoms with van der Waals surface area (Å²) in [6, 6.07) is 6.11. The summed E-state index contributed by atoms with van der Waals surface area (Å²) in [5, 5.41) is 0. The molecule has 0 heterocycles. The van der Waals surface area contributed by atoms with Crippen molar-refractivity contribution in [3.63, 3.8) is 0 Å². The fourth-order valence-electron chi connectivity index (χ4n) is 1.53. The standard InChI is InChI=1S/C11H15B/c1-8-7-9(12)5-6-10(8)11(2,3)4/h5-7H,1-4H3. The summed E-state index contributed by atoms with van der Waals surface area (Å²) in [7, 11) is 5.67. The highest BCUT2D eigenvalue weighted by Crippen LogP contribution is 2.24. The molecule has 0 nitrogen and oxygen atoms in total. The van der Waals surface area contributed by atoms with Crippen LogP contribution in [0.15, 0.2) is 18.2 Å². The number of benzene rings is 1. The van der Waals surface area contributed by atoms with Crippen LogP contribution in [-0.4, -0.2) is 7.85 Å². The van der Waals surface area contributed by atoms with E-state index in [1.165, 1.54) is 11.1 Å². The maximum atomic E-state index is 5.67. The molecule has 0 aliphatic heterocycles. The summed E-state index contributed by atoms with van der Waals surface area (Å²) in [4.78, 5) is 0. The second kappa shape index (κ2) is 2.97. The molecule has 1 heteroatoms. The molecule has 1 rings (SSSR count). The van der Waals surface area contributed by atoms with Crippen LogP contribution in [0, 0.1) is 6.92 Å². The van der Waals surface area contributed by atoms with Gasteiger partial charge in [-0.05, 0) is 23.5 Å². The van der Waals surface area contributed by atoms with E-state index in [1.807, 2.05) is 12.1 Å². The van der Waals surface area contributed by atoms with Gasteiger partial charge in [-0.3, -0.25) is 0 Å². The Morgan fingerprint density at radius 1 is 1.17 bits per heavy atom. The molecule has 0 unspecified atom stereocenters. The van der Waals surface area contributed by atoms with Gasteiger partial charge in [0, 0.05) is 0 Å². The van der Waals surface area contributed by atoms with Crippen molar-refractivity contribution in [2.24, 2.45) is 0 Å². The van der Waals surface area contributed by atoms with Crippen molar-refractivity contribution < 1.29 is 0 Å². The summed E-state index contributed by atoms with van der Waals surface area (Å²) < 4.78 is 0. The van der Waals surface area contributed by atoms with E-state index in [0.29, 0.717) is 0 Å². The Labute approximate surface area is 76.4 Å². The van der Waals surface area contributed by atoms with Crippen molar-refractivity contribution in [3.8, 4) is 0 Å². The molecule has 0 saturated heterocycles. The van der Waals surface area contributed by atoms with Crippen molar-refractivity contribution in [3.05, 3.63) is 29.3 Å².